The van der Waals surface area contributed by atoms with Gasteiger partial charge in [0.2, 0.25) is 5.89 Å². The van der Waals surface area contributed by atoms with Crippen LogP contribution in [0.15, 0.2) is 28.8 Å². The number of halogens is 2. The van der Waals surface area contributed by atoms with Crippen molar-refractivity contribution in [2.45, 2.75) is 37.6 Å². The molecule has 1 aromatic heterocycles. The SMILES string of the molecule is Cl.NC1C2CCC(C2)C1c1nc(Cc2ccccc2Cl)no1. The Morgan fingerprint density at radius 1 is 1.23 bits per heavy atom. The van der Waals surface area contributed by atoms with E-state index in [1.165, 1.54) is 19.3 Å². The Labute approximate surface area is 140 Å². The van der Waals surface area contributed by atoms with Crippen LogP contribution in [0.1, 0.15) is 42.5 Å². The zero-order chi connectivity index (χ0) is 14.4. The topological polar surface area (TPSA) is 64.9 Å². The van der Waals surface area contributed by atoms with E-state index in [1.54, 1.807) is 0 Å². The first-order chi connectivity index (χ1) is 10.2. The zero-order valence-electron chi connectivity index (χ0n) is 12.1. The quantitative estimate of drug-likeness (QED) is 0.928. The maximum Gasteiger partial charge on any atom is 0.231 e. The molecule has 4 unspecified atom stereocenters. The maximum atomic E-state index is 6.33. The van der Waals surface area contributed by atoms with E-state index in [0.717, 1.165) is 16.5 Å². The van der Waals surface area contributed by atoms with Gasteiger partial charge in [-0.05, 0) is 42.7 Å². The third kappa shape index (κ3) is 2.64. The van der Waals surface area contributed by atoms with Gasteiger partial charge in [-0.1, -0.05) is 35.0 Å². The monoisotopic (exact) mass is 339 g/mol. The van der Waals surface area contributed by atoms with Crippen molar-refractivity contribution >= 4 is 24.0 Å². The first-order valence-corrected chi connectivity index (χ1v) is 7.91. The highest BCUT2D eigenvalue weighted by Gasteiger charge is 2.48. The highest BCUT2D eigenvalue weighted by atomic mass is 35.5. The predicted molar refractivity (Wildman–Crippen MR) is 87.4 cm³/mol. The van der Waals surface area contributed by atoms with Gasteiger partial charge in [-0.25, -0.2) is 0 Å². The Balaban J connectivity index is 0.00000144. The Hall–Kier alpha value is -1.10. The van der Waals surface area contributed by atoms with Gasteiger partial charge < -0.3 is 10.3 Å². The fourth-order valence-electron chi connectivity index (χ4n) is 3.99. The van der Waals surface area contributed by atoms with Crippen LogP contribution in [0.3, 0.4) is 0 Å². The lowest BCUT2D eigenvalue weighted by molar-refractivity contribution is 0.278. The Bertz CT molecular complexity index is 658. The summed E-state index contributed by atoms with van der Waals surface area (Å²) in [6.45, 7) is 0. The second-order valence-electron chi connectivity index (χ2n) is 6.25. The molecule has 0 saturated heterocycles. The van der Waals surface area contributed by atoms with Crippen LogP contribution >= 0.6 is 24.0 Å². The molecule has 1 heterocycles. The standard InChI is InChI=1S/C16H18ClN3O.ClH/c17-12-4-2-1-3-9(12)8-13-19-16(21-20-13)14-10-5-6-11(7-10)15(14)18;/h1-4,10-11,14-15H,5-8,18H2;1H. The molecule has 2 bridgehead atoms. The number of rotatable bonds is 3. The van der Waals surface area contributed by atoms with Gasteiger partial charge in [0, 0.05) is 17.5 Å². The molecule has 0 radical (unpaired) electrons. The van der Waals surface area contributed by atoms with E-state index in [1.807, 2.05) is 24.3 Å². The minimum Gasteiger partial charge on any atom is -0.339 e. The fraction of sp³-hybridized carbons (Fsp3) is 0.500. The minimum atomic E-state index is 0. The average molecular weight is 340 g/mol. The van der Waals surface area contributed by atoms with Crippen molar-refractivity contribution < 1.29 is 4.52 Å². The summed E-state index contributed by atoms with van der Waals surface area (Å²) in [6.07, 6.45) is 4.31. The molecule has 2 N–H and O–H groups in total. The second kappa shape index (κ2) is 6.19. The van der Waals surface area contributed by atoms with Crippen molar-refractivity contribution in [1.29, 1.82) is 0 Å². The number of nitrogens with zero attached hydrogens (tertiary/aromatic N) is 2. The Morgan fingerprint density at radius 3 is 2.73 bits per heavy atom. The molecule has 2 saturated carbocycles. The molecule has 6 heteroatoms. The van der Waals surface area contributed by atoms with Crippen LogP contribution in [0.2, 0.25) is 5.02 Å². The van der Waals surface area contributed by atoms with E-state index in [9.17, 15) is 0 Å². The summed E-state index contributed by atoms with van der Waals surface area (Å²) in [5.74, 6) is 2.92. The largest absolute Gasteiger partial charge is 0.339 e. The molecule has 4 atom stereocenters. The van der Waals surface area contributed by atoms with Crippen molar-refractivity contribution in [3.8, 4) is 0 Å². The molecule has 2 aromatic rings. The van der Waals surface area contributed by atoms with Crippen molar-refractivity contribution in [3.05, 3.63) is 46.6 Å². The molecule has 0 spiro atoms. The summed E-state index contributed by atoms with van der Waals surface area (Å²) in [7, 11) is 0. The molecule has 0 aliphatic heterocycles. The van der Waals surface area contributed by atoms with E-state index >= 15 is 0 Å². The fourth-order valence-corrected chi connectivity index (χ4v) is 4.19. The number of benzene rings is 1. The van der Waals surface area contributed by atoms with Crippen molar-refractivity contribution in [1.82, 2.24) is 10.1 Å². The second-order valence-corrected chi connectivity index (χ2v) is 6.66. The van der Waals surface area contributed by atoms with Gasteiger partial charge in [0.15, 0.2) is 5.82 Å². The van der Waals surface area contributed by atoms with Crippen LogP contribution in [0, 0.1) is 11.8 Å². The highest BCUT2D eigenvalue weighted by Crippen LogP contribution is 2.51. The van der Waals surface area contributed by atoms with Crippen molar-refractivity contribution in [2.24, 2.45) is 17.6 Å². The lowest BCUT2D eigenvalue weighted by Gasteiger charge is -2.24. The Kier molecular flexibility index (Phi) is 4.44. The molecule has 1 aromatic carbocycles. The van der Waals surface area contributed by atoms with Crippen LogP contribution in [0.5, 0.6) is 0 Å². The van der Waals surface area contributed by atoms with Crippen molar-refractivity contribution in [2.75, 3.05) is 0 Å². The normalized spacial score (nSPS) is 29.5. The smallest absolute Gasteiger partial charge is 0.231 e. The lowest BCUT2D eigenvalue weighted by Crippen LogP contribution is -2.34. The Morgan fingerprint density at radius 2 is 2.00 bits per heavy atom. The zero-order valence-corrected chi connectivity index (χ0v) is 13.7. The van der Waals surface area contributed by atoms with E-state index in [0.29, 0.717) is 24.1 Å². The molecular formula is C16H19Cl2N3O. The van der Waals surface area contributed by atoms with E-state index < -0.39 is 0 Å². The molecule has 4 rings (SSSR count). The molecule has 22 heavy (non-hydrogen) atoms. The first kappa shape index (κ1) is 15.8. The molecule has 118 valence electrons. The van der Waals surface area contributed by atoms with Gasteiger partial charge in [0.1, 0.15) is 0 Å². The van der Waals surface area contributed by atoms with E-state index in [4.69, 9.17) is 21.9 Å². The minimum absolute atomic E-state index is 0. The summed E-state index contributed by atoms with van der Waals surface area (Å²) in [6, 6.07) is 7.93. The van der Waals surface area contributed by atoms with Crippen molar-refractivity contribution in [3.63, 3.8) is 0 Å². The van der Waals surface area contributed by atoms with Gasteiger partial charge in [0.25, 0.3) is 0 Å². The molecule has 2 aliphatic carbocycles. The van der Waals surface area contributed by atoms with Gasteiger partial charge >= 0.3 is 0 Å². The first-order valence-electron chi connectivity index (χ1n) is 7.54. The van der Waals surface area contributed by atoms with Crippen LogP contribution < -0.4 is 5.73 Å². The predicted octanol–water partition coefficient (Wildman–Crippen LogP) is 3.58. The van der Waals surface area contributed by atoms with Crippen LogP contribution in [-0.2, 0) is 6.42 Å². The molecular weight excluding hydrogens is 321 g/mol. The number of hydrogen-bond acceptors (Lipinski definition) is 4. The molecule has 2 aliphatic rings. The number of nitrogens with two attached hydrogens (primary N) is 1. The van der Waals surface area contributed by atoms with Gasteiger partial charge in [-0.3, -0.25) is 0 Å². The van der Waals surface area contributed by atoms with E-state index in [2.05, 4.69) is 10.1 Å². The summed E-state index contributed by atoms with van der Waals surface area (Å²) >= 11 is 6.18. The third-order valence-electron chi connectivity index (χ3n) is 5.06. The van der Waals surface area contributed by atoms with Crippen LogP contribution in [-0.4, -0.2) is 16.2 Å². The summed E-state index contributed by atoms with van der Waals surface area (Å²) in [4.78, 5) is 4.58. The molecule has 4 nitrogen and oxygen atoms in total. The number of hydrogen-bond donors (Lipinski definition) is 1. The van der Waals surface area contributed by atoms with Gasteiger partial charge in [-0.2, -0.15) is 4.98 Å². The average Bonchev–Trinajstić information content (AvgIpc) is 3.17. The molecule has 0 amide bonds. The van der Waals surface area contributed by atoms with Crippen LogP contribution in [0.4, 0.5) is 0 Å². The third-order valence-corrected chi connectivity index (χ3v) is 5.42. The highest BCUT2D eigenvalue weighted by molar-refractivity contribution is 6.31. The number of fused-ring (bicyclic) bond motifs is 2. The van der Waals surface area contributed by atoms with Gasteiger partial charge in [0.05, 0.1) is 5.92 Å². The summed E-state index contributed by atoms with van der Waals surface area (Å²) in [5, 5.41) is 4.85. The van der Waals surface area contributed by atoms with E-state index in [-0.39, 0.29) is 24.4 Å². The lowest BCUT2D eigenvalue weighted by atomic mass is 9.85. The summed E-state index contributed by atoms with van der Waals surface area (Å²) in [5.41, 5.74) is 7.35. The molecule has 2 fully saturated rings. The van der Waals surface area contributed by atoms with Crippen LogP contribution in [0.25, 0.3) is 0 Å². The summed E-state index contributed by atoms with van der Waals surface area (Å²) < 4.78 is 5.50. The number of aromatic nitrogens is 2. The maximum absolute atomic E-state index is 6.33. The van der Waals surface area contributed by atoms with Gasteiger partial charge in [-0.15, -0.1) is 12.4 Å².